The first-order valence-corrected chi connectivity index (χ1v) is 6.61. The summed E-state index contributed by atoms with van der Waals surface area (Å²) in [5, 5.41) is 10.4. The number of aromatic nitrogens is 1. The van der Waals surface area contributed by atoms with E-state index in [0.29, 0.717) is 6.61 Å². The second-order valence-corrected chi connectivity index (χ2v) is 4.48. The lowest BCUT2D eigenvalue weighted by atomic mass is 10.1. The van der Waals surface area contributed by atoms with Crippen molar-refractivity contribution in [1.82, 2.24) is 4.57 Å². The molecule has 0 aliphatic rings. The first kappa shape index (κ1) is 14.1. The Kier molecular flexibility index (Phi) is 5.39. The molecule has 0 saturated heterocycles. The van der Waals surface area contributed by atoms with Crippen LogP contribution in [-0.2, 0) is 22.6 Å². The zero-order valence-corrected chi connectivity index (χ0v) is 11.3. The molecule has 2 rings (SSSR count). The molecule has 1 aromatic heterocycles. The van der Waals surface area contributed by atoms with E-state index in [4.69, 9.17) is 9.47 Å². The third-order valence-electron chi connectivity index (χ3n) is 3.19. The number of methoxy groups -OCH3 is 1. The topological polar surface area (TPSA) is 43.6 Å². The molecule has 19 heavy (non-hydrogen) atoms. The summed E-state index contributed by atoms with van der Waals surface area (Å²) in [6.07, 6.45) is 2.97. The number of hydrogen-bond donors (Lipinski definition) is 1. The molecule has 0 radical (unpaired) electrons. The third kappa shape index (κ3) is 3.56. The minimum atomic E-state index is 0.0782. The largest absolute Gasteiger partial charge is 0.392 e. The Balaban J connectivity index is 1.91. The number of rotatable bonds is 8. The van der Waals surface area contributed by atoms with Crippen LogP contribution in [-0.4, -0.2) is 36.6 Å². The predicted octanol–water partition coefficient (Wildman–Crippen LogP) is 2.19. The quantitative estimate of drug-likeness (QED) is 0.742. The minimum absolute atomic E-state index is 0.0782. The van der Waals surface area contributed by atoms with Gasteiger partial charge in [-0.3, -0.25) is 0 Å². The van der Waals surface area contributed by atoms with Gasteiger partial charge in [0.1, 0.15) is 0 Å². The molecular formula is C15H21NO3. The van der Waals surface area contributed by atoms with Crippen LogP contribution in [0, 0.1) is 0 Å². The maximum absolute atomic E-state index is 9.30. The molecule has 0 saturated carbocycles. The predicted molar refractivity (Wildman–Crippen MR) is 75.2 cm³/mol. The number of fused-ring (bicyclic) bond motifs is 1. The molecule has 4 heteroatoms. The van der Waals surface area contributed by atoms with E-state index in [-0.39, 0.29) is 6.61 Å². The third-order valence-corrected chi connectivity index (χ3v) is 3.19. The Labute approximate surface area is 113 Å². The summed E-state index contributed by atoms with van der Waals surface area (Å²) >= 11 is 0. The van der Waals surface area contributed by atoms with Gasteiger partial charge in [0.05, 0.1) is 13.2 Å². The molecule has 0 spiro atoms. The Morgan fingerprint density at radius 2 is 2.05 bits per heavy atom. The van der Waals surface area contributed by atoms with E-state index in [0.717, 1.165) is 42.6 Å². The summed E-state index contributed by atoms with van der Waals surface area (Å²) in [4.78, 5) is 0. The molecule has 0 bridgehead atoms. The summed E-state index contributed by atoms with van der Waals surface area (Å²) in [5.41, 5.74) is 2.12. The van der Waals surface area contributed by atoms with Gasteiger partial charge in [0.15, 0.2) is 0 Å². The Morgan fingerprint density at radius 3 is 2.84 bits per heavy atom. The first-order valence-electron chi connectivity index (χ1n) is 6.61. The zero-order valence-electron chi connectivity index (χ0n) is 11.3. The summed E-state index contributed by atoms with van der Waals surface area (Å²) < 4.78 is 12.7. The fraction of sp³-hybridized carbons (Fsp3) is 0.467. The highest BCUT2D eigenvalue weighted by Gasteiger charge is 2.04. The first-order chi connectivity index (χ1) is 9.36. The maximum atomic E-state index is 9.30. The van der Waals surface area contributed by atoms with E-state index in [2.05, 4.69) is 10.6 Å². The molecule has 4 nitrogen and oxygen atoms in total. The van der Waals surface area contributed by atoms with Gasteiger partial charge in [0.2, 0.25) is 0 Å². The maximum Gasteiger partial charge on any atom is 0.0688 e. The van der Waals surface area contributed by atoms with Crippen molar-refractivity contribution in [3.05, 3.63) is 36.0 Å². The molecule has 2 aromatic rings. The number of nitrogens with zero attached hydrogens (tertiary/aromatic N) is 1. The lowest BCUT2D eigenvalue weighted by molar-refractivity contribution is 0.0982. The van der Waals surface area contributed by atoms with Gasteiger partial charge in [-0.15, -0.1) is 0 Å². The molecule has 1 N–H and O–H groups in total. The van der Waals surface area contributed by atoms with Gasteiger partial charge < -0.3 is 19.1 Å². The van der Waals surface area contributed by atoms with Crippen LogP contribution in [0.3, 0.4) is 0 Å². The molecule has 0 amide bonds. The zero-order chi connectivity index (χ0) is 13.5. The van der Waals surface area contributed by atoms with Crippen molar-refractivity contribution in [2.45, 2.75) is 19.6 Å². The van der Waals surface area contributed by atoms with Crippen molar-refractivity contribution in [2.75, 3.05) is 26.9 Å². The van der Waals surface area contributed by atoms with E-state index < -0.39 is 0 Å². The van der Waals surface area contributed by atoms with Gasteiger partial charge in [-0.2, -0.15) is 0 Å². The van der Waals surface area contributed by atoms with Crippen LogP contribution in [0.5, 0.6) is 0 Å². The highest BCUT2D eigenvalue weighted by Crippen LogP contribution is 2.20. The standard InChI is InChI=1S/C15H21NO3/c1-18-9-3-10-19-11-8-16-7-6-14-13(12-17)4-2-5-15(14)16/h2,4-7,17H,3,8-12H2,1H3. The number of ether oxygens (including phenoxy) is 2. The molecule has 1 aromatic carbocycles. The minimum Gasteiger partial charge on any atom is -0.392 e. The molecule has 0 fully saturated rings. The Hall–Kier alpha value is -1.36. The Bertz CT molecular complexity index is 507. The van der Waals surface area contributed by atoms with Crippen molar-refractivity contribution < 1.29 is 14.6 Å². The van der Waals surface area contributed by atoms with Gasteiger partial charge in [-0.1, -0.05) is 12.1 Å². The number of hydrogen-bond acceptors (Lipinski definition) is 3. The van der Waals surface area contributed by atoms with Crippen LogP contribution >= 0.6 is 0 Å². The highest BCUT2D eigenvalue weighted by atomic mass is 16.5. The molecule has 0 unspecified atom stereocenters. The average Bonchev–Trinajstić information content (AvgIpc) is 2.86. The highest BCUT2D eigenvalue weighted by molar-refractivity contribution is 5.83. The SMILES string of the molecule is COCCCOCCn1ccc2c(CO)cccc21. The van der Waals surface area contributed by atoms with E-state index in [9.17, 15) is 5.11 Å². The molecule has 0 aliphatic heterocycles. The monoisotopic (exact) mass is 263 g/mol. The van der Waals surface area contributed by atoms with Gasteiger partial charge in [0.25, 0.3) is 0 Å². The lowest BCUT2D eigenvalue weighted by Gasteiger charge is -2.07. The van der Waals surface area contributed by atoms with E-state index in [1.54, 1.807) is 7.11 Å². The number of benzene rings is 1. The van der Waals surface area contributed by atoms with Crippen molar-refractivity contribution >= 4 is 10.9 Å². The molecular weight excluding hydrogens is 242 g/mol. The van der Waals surface area contributed by atoms with Gasteiger partial charge >= 0.3 is 0 Å². The molecule has 104 valence electrons. The summed E-state index contributed by atoms with van der Waals surface area (Å²) in [6, 6.07) is 8.04. The van der Waals surface area contributed by atoms with Crippen LogP contribution < -0.4 is 0 Å². The van der Waals surface area contributed by atoms with Crippen LogP contribution in [0.2, 0.25) is 0 Å². The normalized spacial score (nSPS) is 11.3. The van der Waals surface area contributed by atoms with Crippen molar-refractivity contribution in [3.63, 3.8) is 0 Å². The van der Waals surface area contributed by atoms with Crippen molar-refractivity contribution in [2.24, 2.45) is 0 Å². The van der Waals surface area contributed by atoms with Gasteiger partial charge in [-0.25, -0.2) is 0 Å². The van der Waals surface area contributed by atoms with Crippen LogP contribution in [0.1, 0.15) is 12.0 Å². The smallest absolute Gasteiger partial charge is 0.0688 e. The van der Waals surface area contributed by atoms with Crippen LogP contribution in [0.15, 0.2) is 30.5 Å². The lowest BCUT2D eigenvalue weighted by Crippen LogP contribution is -2.07. The number of aliphatic hydroxyl groups is 1. The van der Waals surface area contributed by atoms with E-state index >= 15 is 0 Å². The van der Waals surface area contributed by atoms with Gasteiger partial charge in [-0.05, 0) is 24.1 Å². The summed E-state index contributed by atoms with van der Waals surface area (Å²) in [7, 11) is 1.70. The molecule has 1 heterocycles. The summed E-state index contributed by atoms with van der Waals surface area (Å²) in [5.74, 6) is 0. The van der Waals surface area contributed by atoms with Crippen molar-refractivity contribution in [3.8, 4) is 0 Å². The number of aliphatic hydroxyl groups excluding tert-OH is 1. The van der Waals surface area contributed by atoms with Crippen LogP contribution in [0.25, 0.3) is 10.9 Å². The van der Waals surface area contributed by atoms with Gasteiger partial charge in [0, 0.05) is 44.0 Å². The van der Waals surface area contributed by atoms with Crippen LogP contribution in [0.4, 0.5) is 0 Å². The van der Waals surface area contributed by atoms with E-state index in [1.807, 2.05) is 24.4 Å². The fourth-order valence-electron chi connectivity index (χ4n) is 2.19. The molecule has 0 aliphatic carbocycles. The second-order valence-electron chi connectivity index (χ2n) is 4.48. The summed E-state index contributed by atoms with van der Waals surface area (Å²) in [6.45, 7) is 3.07. The van der Waals surface area contributed by atoms with Crippen molar-refractivity contribution in [1.29, 1.82) is 0 Å². The second kappa shape index (κ2) is 7.28. The Morgan fingerprint density at radius 1 is 1.16 bits per heavy atom. The average molecular weight is 263 g/mol. The fourth-order valence-corrected chi connectivity index (χ4v) is 2.19. The van der Waals surface area contributed by atoms with E-state index in [1.165, 1.54) is 0 Å². The molecule has 0 atom stereocenters.